The lowest BCUT2D eigenvalue weighted by Gasteiger charge is -2.28. The maximum absolute atomic E-state index is 13.0. The summed E-state index contributed by atoms with van der Waals surface area (Å²) in [5.74, 6) is 0.659. The number of nitrogens with zero attached hydrogens (tertiary/aromatic N) is 3. The highest BCUT2D eigenvalue weighted by Crippen LogP contribution is 2.42. The van der Waals surface area contributed by atoms with E-state index in [0.29, 0.717) is 16.7 Å². The lowest BCUT2D eigenvalue weighted by molar-refractivity contribution is -0.116. The Balaban J connectivity index is 1.50. The number of hydrogen-bond acceptors (Lipinski definition) is 4. The Kier molecular flexibility index (Phi) is 8.09. The van der Waals surface area contributed by atoms with Gasteiger partial charge in [0.2, 0.25) is 5.91 Å². The van der Waals surface area contributed by atoms with E-state index in [9.17, 15) is 4.79 Å². The van der Waals surface area contributed by atoms with Gasteiger partial charge in [-0.2, -0.15) is 0 Å². The molecule has 9 heteroatoms. The molecule has 7 nitrogen and oxygen atoms in total. The summed E-state index contributed by atoms with van der Waals surface area (Å²) in [5, 5.41) is 7.71. The molecule has 0 aliphatic carbocycles. The number of halogens is 1. The normalized spacial score (nSPS) is 16.6. The minimum Gasteiger partial charge on any atom is -0.495 e. The molecule has 2 aromatic heterocycles. The fourth-order valence-corrected chi connectivity index (χ4v) is 5.95. The average Bonchev–Trinajstić information content (AvgIpc) is 3.42. The minimum absolute atomic E-state index is 0.0671. The van der Waals surface area contributed by atoms with Gasteiger partial charge in [-0.1, -0.05) is 29.8 Å². The molecule has 2 atom stereocenters. The summed E-state index contributed by atoms with van der Waals surface area (Å²) in [5.41, 5.74) is 6.77. The number of aromatic nitrogens is 2. The molecule has 1 aliphatic rings. The van der Waals surface area contributed by atoms with E-state index in [4.69, 9.17) is 28.6 Å². The number of nitrogens with one attached hydrogen (secondary N) is 2. The lowest BCUT2D eigenvalue weighted by atomic mass is 9.96. The predicted molar refractivity (Wildman–Crippen MR) is 163 cm³/mol. The Morgan fingerprint density at radius 1 is 1.10 bits per heavy atom. The molecule has 0 spiro atoms. The summed E-state index contributed by atoms with van der Waals surface area (Å²) >= 11 is 12.2. The maximum atomic E-state index is 13.0. The Morgan fingerprint density at radius 3 is 2.65 bits per heavy atom. The van der Waals surface area contributed by atoms with Crippen molar-refractivity contribution in [3.8, 4) is 11.4 Å². The molecule has 2 aromatic carbocycles. The van der Waals surface area contributed by atoms with E-state index in [-0.39, 0.29) is 24.4 Å². The molecule has 1 saturated heterocycles. The van der Waals surface area contributed by atoms with Crippen LogP contribution in [0.3, 0.4) is 0 Å². The molecule has 1 amide bonds. The maximum Gasteiger partial charge on any atom is 0.226 e. The smallest absolute Gasteiger partial charge is 0.226 e. The Morgan fingerprint density at radius 2 is 1.93 bits per heavy atom. The number of carbonyl (C=O) groups is 1. The van der Waals surface area contributed by atoms with Crippen molar-refractivity contribution in [3.63, 3.8) is 0 Å². The van der Waals surface area contributed by atoms with Crippen molar-refractivity contribution in [2.45, 2.75) is 39.3 Å². The molecule has 2 N–H and O–H groups in total. The molecular formula is C31H32ClN5O2S. The van der Waals surface area contributed by atoms with Gasteiger partial charge in [0.25, 0.3) is 0 Å². The fourth-order valence-electron chi connectivity index (χ4n) is 5.45. The molecule has 2 unspecified atom stereocenters. The van der Waals surface area contributed by atoms with E-state index in [2.05, 4.69) is 45.0 Å². The number of thiocarbonyl (C=S) groups is 1. The van der Waals surface area contributed by atoms with Crippen LogP contribution in [0.15, 0.2) is 72.9 Å². The Hall–Kier alpha value is -3.88. The molecule has 40 heavy (non-hydrogen) atoms. The van der Waals surface area contributed by atoms with Crippen LogP contribution < -0.4 is 15.4 Å². The Labute approximate surface area is 245 Å². The number of hydrogen-bond donors (Lipinski definition) is 2. The second-order valence-corrected chi connectivity index (χ2v) is 10.8. The van der Waals surface area contributed by atoms with Gasteiger partial charge in [0.05, 0.1) is 30.6 Å². The van der Waals surface area contributed by atoms with E-state index in [1.54, 1.807) is 13.3 Å². The molecular weight excluding hydrogens is 542 g/mol. The zero-order chi connectivity index (χ0) is 28.4. The first kappa shape index (κ1) is 27.7. The van der Waals surface area contributed by atoms with Gasteiger partial charge in [0.1, 0.15) is 5.75 Å². The average molecular weight is 574 g/mol. The van der Waals surface area contributed by atoms with Crippen LogP contribution >= 0.6 is 23.8 Å². The van der Waals surface area contributed by atoms with Crippen LogP contribution in [0.4, 0.5) is 5.69 Å². The van der Waals surface area contributed by atoms with Crippen molar-refractivity contribution in [3.05, 3.63) is 106 Å². The van der Waals surface area contributed by atoms with E-state index in [1.165, 1.54) is 0 Å². The monoisotopic (exact) mass is 573 g/mol. The molecule has 1 aliphatic heterocycles. The van der Waals surface area contributed by atoms with Crippen molar-refractivity contribution in [1.82, 2.24) is 19.8 Å². The van der Waals surface area contributed by atoms with Gasteiger partial charge < -0.3 is 24.8 Å². The highest BCUT2D eigenvalue weighted by molar-refractivity contribution is 7.80. The van der Waals surface area contributed by atoms with Crippen LogP contribution in [0, 0.1) is 20.8 Å². The van der Waals surface area contributed by atoms with Crippen LogP contribution in [0.5, 0.6) is 5.75 Å². The van der Waals surface area contributed by atoms with E-state index in [1.807, 2.05) is 67.6 Å². The summed E-state index contributed by atoms with van der Waals surface area (Å²) in [4.78, 5) is 19.7. The Bertz CT molecular complexity index is 1550. The third-order valence-electron chi connectivity index (χ3n) is 7.25. The van der Waals surface area contributed by atoms with Crippen molar-refractivity contribution < 1.29 is 9.53 Å². The van der Waals surface area contributed by atoms with Crippen LogP contribution in [0.25, 0.3) is 5.69 Å². The van der Waals surface area contributed by atoms with Crippen molar-refractivity contribution >= 4 is 40.5 Å². The number of rotatable bonds is 8. The summed E-state index contributed by atoms with van der Waals surface area (Å²) in [6, 6.07) is 21.1. The molecule has 0 bridgehead atoms. The second kappa shape index (κ2) is 11.7. The van der Waals surface area contributed by atoms with Gasteiger partial charge in [-0.3, -0.25) is 9.78 Å². The lowest BCUT2D eigenvalue weighted by Crippen LogP contribution is -2.32. The first-order chi connectivity index (χ1) is 19.3. The summed E-state index contributed by atoms with van der Waals surface area (Å²) in [6.45, 7) is 6.60. The highest BCUT2D eigenvalue weighted by Gasteiger charge is 2.41. The van der Waals surface area contributed by atoms with Gasteiger partial charge >= 0.3 is 0 Å². The third kappa shape index (κ3) is 5.55. The van der Waals surface area contributed by atoms with Gasteiger partial charge in [-0.15, -0.1) is 0 Å². The van der Waals surface area contributed by atoms with Crippen LogP contribution in [-0.4, -0.2) is 39.1 Å². The minimum atomic E-state index is -0.191. The number of benzene rings is 2. The number of methoxy groups -OCH3 is 1. The number of ether oxygens (including phenoxy) is 1. The molecule has 3 heterocycles. The topological polar surface area (TPSA) is 71.4 Å². The molecule has 0 saturated carbocycles. The molecule has 1 fully saturated rings. The van der Waals surface area contributed by atoms with Gasteiger partial charge in [0, 0.05) is 41.3 Å². The van der Waals surface area contributed by atoms with Gasteiger partial charge in [-0.05, 0) is 92.6 Å². The predicted octanol–water partition coefficient (Wildman–Crippen LogP) is 6.46. The third-order valence-corrected chi connectivity index (χ3v) is 7.84. The standard InChI is InChI=1S/C31H32ClN5O2S/c1-19-8-7-9-23(16-19)34-28(38)13-15-36-30(29(35-31(36)40)25-10-5-6-14-33-25)24-17-20(2)37(21(24)3)26-18-22(32)11-12-27(26)39-4/h5-12,14,16-18,29-30H,13,15H2,1-4H3,(H,34,38)(H,35,40). The number of pyridine rings is 1. The molecule has 0 radical (unpaired) electrons. The van der Waals surface area contributed by atoms with Crippen molar-refractivity contribution in [1.29, 1.82) is 0 Å². The zero-order valence-electron chi connectivity index (χ0n) is 22.9. The van der Waals surface area contributed by atoms with Gasteiger partial charge in [-0.25, -0.2) is 0 Å². The van der Waals surface area contributed by atoms with Crippen LogP contribution in [0.1, 0.15) is 46.7 Å². The van der Waals surface area contributed by atoms with E-state index >= 15 is 0 Å². The van der Waals surface area contributed by atoms with Crippen molar-refractivity contribution in [2.75, 3.05) is 19.0 Å². The van der Waals surface area contributed by atoms with E-state index in [0.717, 1.165) is 45.3 Å². The van der Waals surface area contributed by atoms with E-state index < -0.39 is 0 Å². The largest absolute Gasteiger partial charge is 0.495 e. The number of carbonyl (C=O) groups excluding carboxylic acids is 1. The number of amides is 1. The molecule has 206 valence electrons. The first-order valence-electron chi connectivity index (χ1n) is 13.1. The fraction of sp³-hybridized carbons (Fsp3) is 0.258. The second-order valence-electron chi connectivity index (χ2n) is 9.97. The quantitative estimate of drug-likeness (QED) is 0.236. The summed E-state index contributed by atoms with van der Waals surface area (Å²) < 4.78 is 7.82. The van der Waals surface area contributed by atoms with Gasteiger partial charge in [0.15, 0.2) is 5.11 Å². The molecule has 4 aromatic rings. The zero-order valence-corrected chi connectivity index (χ0v) is 24.5. The highest BCUT2D eigenvalue weighted by atomic mass is 35.5. The number of anilines is 1. The first-order valence-corrected chi connectivity index (χ1v) is 13.9. The van der Waals surface area contributed by atoms with Crippen molar-refractivity contribution in [2.24, 2.45) is 0 Å². The number of aryl methyl sites for hydroxylation is 2. The molecule has 5 rings (SSSR count). The SMILES string of the molecule is COc1ccc(Cl)cc1-n1c(C)cc(C2C(c3ccccn3)NC(=S)N2CCC(=O)Nc2cccc(C)c2)c1C. The van der Waals surface area contributed by atoms with Crippen LogP contribution in [-0.2, 0) is 4.79 Å². The summed E-state index contributed by atoms with van der Waals surface area (Å²) in [6.07, 6.45) is 2.07. The summed E-state index contributed by atoms with van der Waals surface area (Å²) in [7, 11) is 1.65. The van der Waals surface area contributed by atoms with Crippen LogP contribution in [0.2, 0.25) is 5.02 Å².